The molecule has 0 radical (unpaired) electrons. The summed E-state index contributed by atoms with van der Waals surface area (Å²) in [6.45, 7) is 5.75. The Morgan fingerprint density at radius 3 is 2.65 bits per heavy atom. The third-order valence-electron chi connectivity index (χ3n) is 8.20. The molecule has 34 heavy (non-hydrogen) atoms. The quantitative estimate of drug-likeness (QED) is 0.584. The van der Waals surface area contributed by atoms with Gasteiger partial charge in [-0.25, -0.2) is 9.78 Å². The molecule has 1 aliphatic heterocycles. The Hall–Kier alpha value is -2.83. The molecule has 3 fully saturated rings. The molecule has 182 valence electrons. The lowest BCUT2D eigenvalue weighted by Gasteiger charge is -2.36. The maximum atomic E-state index is 13.9. The predicted molar refractivity (Wildman–Crippen MR) is 131 cm³/mol. The number of alkyl carbamates (subject to hydrolysis) is 1. The lowest BCUT2D eigenvalue weighted by Crippen LogP contribution is -2.52. The summed E-state index contributed by atoms with van der Waals surface area (Å²) in [4.78, 5) is 36.4. The van der Waals surface area contributed by atoms with Crippen molar-refractivity contribution in [3.8, 4) is 0 Å². The number of carbonyl (C=O) groups excluding carboxylic acids is 2. The molecule has 5 rings (SSSR count). The van der Waals surface area contributed by atoms with Gasteiger partial charge in [-0.2, -0.15) is 0 Å². The van der Waals surface area contributed by atoms with Crippen LogP contribution in [0.5, 0.6) is 0 Å². The van der Waals surface area contributed by atoms with Crippen molar-refractivity contribution in [1.29, 1.82) is 0 Å². The zero-order chi connectivity index (χ0) is 23.8. The third-order valence-corrected chi connectivity index (χ3v) is 8.20. The van der Waals surface area contributed by atoms with Crippen molar-refractivity contribution in [3.63, 3.8) is 0 Å². The second-order valence-corrected chi connectivity index (χ2v) is 10.4. The summed E-state index contributed by atoms with van der Waals surface area (Å²) in [6, 6.07) is 5.81. The van der Waals surface area contributed by atoms with E-state index >= 15 is 0 Å². The third kappa shape index (κ3) is 4.21. The van der Waals surface area contributed by atoms with Crippen LogP contribution in [0.25, 0.3) is 11.0 Å². The largest absolute Gasteiger partial charge is 0.453 e. The van der Waals surface area contributed by atoms with Crippen LogP contribution in [0.15, 0.2) is 30.4 Å². The summed E-state index contributed by atoms with van der Waals surface area (Å²) in [7, 11) is 1.30. The number of nitrogens with one attached hydrogen (secondary N) is 2. The van der Waals surface area contributed by atoms with E-state index in [1.165, 1.54) is 44.8 Å². The van der Waals surface area contributed by atoms with Crippen molar-refractivity contribution in [2.75, 3.05) is 7.11 Å². The highest BCUT2D eigenvalue weighted by Crippen LogP contribution is 2.46. The van der Waals surface area contributed by atoms with Crippen molar-refractivity contribution in [3.05, 3.63) is 41.7 Å². The van der Waals surface area contributed by atoms with Gasteiger partial charge in [-0.1, -0.05) is 38.3 Å². The lowest BCUT2D eigenvalue weighted by molar-refractivity contribution is -0.136. The van der Waals surface area contributed by atoms with Crippen LogP contribution in [-0.4, -0.2) is 46.1 Å². The molecular weight excluding hydrogens is 428 g/mol. The van der Waals surface area contributed by atoms with Crippen LogP contribution in [0.3, 0.4) is 0 Å². The van der Waals surface area contributed by atoms with Crippen LogP contribution in [0, 0.1) is 5.92 Å². The average molecular weight is 465 g/mol. The first-order chi connectivity index (χ1) is 16.5. The number of benzene rings is 1. The molecule has 2 amide bonds. The van der Waals surface area contributed by atoms with Gasteiger partial charge in [-0.3, -0.25) is 4.79 Å². The van der Waals surface area contributed by atoms with E-state index in [0.29, 0.717) is 17.4 Å². The standard InChI is InChI=1S/C27H36N4O3/c1-16(2)24(30-27(33)34-3)26(32)31-22-11-7-6-10-19(22)15-23(31)25-28-20-13-12-18(14-21(20)29-25)17-8-4-5-9-17/h12-14,17,19,22-24H,1,4-11,15H2,2-3H3,(H,28,29)(H,30,33)/t19-,22-,23-,24-/m0/s1. The number of aromatic amines is 1. The van der Waals surface area contributed by atoms with Crippen LogP contribution in [0.4, 0.5) is 4.79 Å². The lowest BCUT2D eigenvalue weighted by atomic mass is 9.84. The molecular formula is C27H36N4O3. The SMILES string of the molecule is C=C(C)[C@H](NC(=O)OC)C(=O)N1[C@H](c2nc3ccc(C4CCCC4)cc3[nH]2)C[C@@H]2CCCC[C@@H]21. The van der Waals surface area contributed by atoms with Gasteiger partial charge in [0, 0.05) is 6.04 Å². The fraction of sp³-hybridized carbons (Fsp3) is 0.593. The molecule has 2 saturated carbocycles. The van der Waals surface area contributed by atoms with Gasteiger partial charge < -0.3 is 19.9 Å². The van der Waals surface area contributed by atoms with Crippen molar-refractivity contribution in [2.45, 2.75) is 88.8 Å². The predicted octanol–water partition coefficient (Wildman–Crippen LogP) is 5.35. The van der Waals surface area contributed by atoms with Gasteiger partial charge in [0.1, 0.15) is 11.9 Å². The topological polar surface area (TPSA) is 87.3 Å². The van der Waals surface area contributed by atoms with E-state index in [0.717, 1.165) is 42.5 Å². The van der Waals surface area contributed by atoms with Crippen molar-refractivity contribution in [1.82, 2.24) is 20.2 Å². The number of hydrogen-bond acceptors (Lipinski definition) is 4. The Kier molecular flexibility index (Phi) is 6.36. The molecule has 3 aliphatic rings. The Labute approximate surface area is 201 Å². The van der Waals surface area contributed by atoms with Crippen LogP contribution in [-0.2, 0) is 9.53 Å². The summed E-state index contributed by atoms with van der Waals surface area (Å²) in [5, 5.41) is 2.69. The van der Waals surface area contributed by atoms with E-state index in [4.69, 9.17) is 9.72 Å². The number of fused-ring (bicyclic) bond motifs is 2. The number of hydrogen-bond donors (Lipinski definition) is 2. The molecule has 1 aromatic heterocycles. The number of ether oxygens (including phenoxy) is 1. The van der Waals surface area contributed by atoms with Gasteiger partial charge in [0.25, 0.3) is 0 Å². The Morgan fingerprint density at radius 2 is 1.91 bits per heavy atom. The fourth-order valence-corrected chi connectivity index (χ4v) is 6.46. The van der Waals surface area contributed by atoms with E-state index in [9.17, 15) is 9.59 Å². The van der Waals surface area contributed by atoms with E-state index < -0.39 is 12.1 Å². The minimum absolute atomic E-state index is 0.121. The van der Waals surface area contributed by atoms with Crippen molar-refractivity contribution < 1.29 is 14.3 Å². The number of nitrogens with zero attached hydrogens (tertiary/aromatic N) is 2. The number of imidazole rings is 1. The highest BCUT2D eigenvalue weighted by atomic mass is 16.5. The number of methoxy groups -OCH3 is 1. The Balaban J connectivity index is 1.48. The summed E-state index contributed by atoms with van der Waals surface area (Å²) >= 11 is 0. The summed E-state index contributed by atoms with van der Waals surface area (Å²) < 4.78 is 4.77. The smallest absolute Gasteiger partial charge is 0.407 e. The second kappa shape index (κ2) is 9.43. The first-order valence-corrected chi connectivity index (χ1v) is 12.8. The van der Waals surface area contributed by atoms with Crippen LogP contribution < -0.4 is 5.32 Å². The monoisotopic (exact) mass is 464 g/mol. The number of amides is 2. The van der Waals surface area contributed by atoms with Gasteiger partial charge in [0.15, 0.2) is 0 Å². The molecule has 0 spiro atoms. The molecule has 0 unspecified atom stereocenters. The maximum absolute atomic E-state index is 13.9. The van der Waals surface area contributed by atoms with Crippen LogP contribution in [0.2, 0.25) is 0 Å². The zero-order valence-corrected chi connectivity index (χ0v) is 20.3. The molecule has 1 aromatic carbocycles. The molecule has 2 N–H and O–H groups in total. The van der Waals surface area contributed by atoms with E-state index in [1.807, 2.05) is 4.90 Å². The van der Waals surface area contributed by atoms with E-state index in [2.05, 4.69) is 35.1 Å². The summed E-state index contributed by atoms with van der Waals surface area (Å²) in [5.74, 6) is 1.82. The minimum Gasteiger partial charge on any atom is -0.453 e. The highest BCUT2D eigenvalue weighted by molar-refractivity contribution is 5.89. The molecule has 2 aromatic rings. The number of likely N-dealkylation sites (tertiary alicyclic amines) is 1. The first kappa shape index (κ1) is 22.9. The molecule has 1 saturated heterocycles. The first-order valence-electron chi connectivity index (χ1n) is 12.8. The molecule has 2 heterocycles. The molecule has 0 bridgehead atoms. The van der Waals surface area contributed by atoms with Crippen molar-refractivity contribution >= 4 is 23.0 Å². The fourth-order valence-electron chi connectivity index (χ4n) is 6.46. The minimum atomic E-state index is -0.811. The Morgan fingerprint density at radius 1 is 1.18 bits per heavy atom. The van der Waals surface area contributed by atoms with Gasteiger partial charge in [-0.05, 0) is 74.1 Å². The average Bonchev–Trinajstić information content (AvgIpc) is 3.58. The Bertz CT molecular complexity index is 1090. The number of H-pyrrole nitrogens is 1. The summed E-state index contributed by atoms with van der Waals surface area (Å²) in [6.07, 6.45) is 9.83. The maximum Gasteiger partial charge on any atom is 0.407 e. The van der Waals surface area contributed by atoms with Gasteiger partial charge in [0.2, 0.25) is 5.91 Å². The molecule has 2 aliphatic carbocycles. The molecule has 7 heteroatoms. The second-order valence-electron chi connectivity index (χ2n) is 10.4. The van der Waals surface area contributed by atoms with Gasteiger partial charge >= 0.3 is 6.09 Å². The van der Waals surface area contributed by atoms with Crippen molar-refractivity contribution in [2.24, 2.45) is 5.92 Å². The molecule has 7 nitrogen and oxygen atoms in total. The number of rotatable bonds is 5. The van der Waals surface area contributed by atoms with E-state index in [1.54, 1.807) is 6.92 Å². The van der Waals surface area contributed by atoms with Crippen LogP contribution in [0.1, 0.15) is 88.1 Å². The van der Waals surface area contributed by atoms with E-state index in [-0.39, 0.29) is 18.0 Å². The van der Waals surface area contributed by atoms with Crippen LogP contribution >= 0.6 is 0 Å². The zero-order valence-electron chi connectivity index (χ0n) is 20.3. The normalized spacial score (nSPS) is 25.8. The highest BCUT2D eigenvalue weighted by Gasteiger charge is 2.48. The summed E-state index contributed by atoms with van der Waals surface area (Å²) in [5.41, 5.74) is 3.98. The number of aromatic nitrogens is 2. The number of carbonyl (C=O) groups is 2. The van der Waals surface area contributed by atoms with Gasteiger partial charge in [0.05, 0.1) is 24.2 Å². The van der Waals surface area contributed by atoms with Gasteiger partial charge in [-0.15, -0.1) is 0 Å². The molecule has 4 atom stereocenters.